The van der Waals surface area contributed by atoms with Crippen LogP contribution in [0.2, 0.25) is 5.02 Å². The average molecular weight is 535 g/mol. The topological polar surface area (TPSA) is 91.4 Å². The lowest BCUT2D eigenvalue weighted by Gasteiger charge is -2.32. The molecule has 4 rings (SSSR count). The molecule has 0 spiro atoms. The van der Waals surface area contributed by atoms with Crippen LogP contribution in [0, 0.1) is 5.82 Å². The number of nitrogens with one attached hydrogen (secondary N) is 2. The second-order valence-corrected chi connectivity index (χ2v) is 11.2. The summed E-state index contributed by atoms with van der Waals surface area (Å²) in [5.41, 5.74) is -0.230. The van der Waals surface area contributed by atoms with Gasteiger partial charge >= 0.3 is 6.18 Å². The van der Waals surface area contributed by atoms with Crippen molar-refractivity contribution in [3.63, 3.8) is 0 Å². The van der Waals surface area contributed by atoms with Gasteiger partial charge in [0, 0.05) is 13.1 Å². The molecular weight excluding hydrogens is 512 g/mol. The molecule has 2 aliphatic carbocycles. The lowest BCUT2D eigenvalue weighted by molar-refractivity contribution is -0.190. The quantitative estimate of drug-likeness (QED) is 0.530. The fourth-order valence-corrected chi connectivity index (χ4v) is 5.68. The van der Waals surface area contributed by atoms with Gasteiger partial charge in [-0.05, 0) is 55.0 Å². The molecule has 1 amide bonds. The summed E-state index contributed by atoms with van der Waals surface area (Å²) in [6.45, 7) is 0. The Morgan fingerprint density at radius 3 is 2.46 bits per heavy atom. The predicted molar refractivity (Wildman–Crippen MR) is 122 cm³/mol. The van der Waals surface area contributed by atoms with Crippen molar-refractivity contribution in [2.45, 2.75) is 49.5 Å². The zero-order valence-corrected chi connectivity index (χ0v) is 20.4. The molecule has 0 radical (unpaired) electrons. The SMILES string of the molecule is CN(C(=O)C1(NS(C)(=O)=O)CC1)[C@@H](c1ccc(NC2Cc3ccc(Cl)c(F)c3C2)cn1)C(F)(F)F. The highest BCUT2D eigenvalue weighted by Crippen LogP contribution is 2.43. The summed E-state index contributed by atoms with van der Waals surface area (Å²) in [5, 5.41) is 3.17. The number of hydrogen-bond donors (Lipinski definition) is 2. The lowest BCUT2D eigenvalue weighted by Crippen LogP contribution is -2.52. The first-order valence-corrected chi connectivity index (χ1v) is 13.0. The summed E-state index contributed by atoms with van der Waals surface area (Å²) in [6, 6.07) is 3.25. The highest BCUT2D eigenvalue weighted by molar-refractivity contribution is 7.88. The van der Waals surface area contributed by atoms with Gasteiger partial charge in [-0.1, -0.05) is 17.7 Å². The summed E-state index contributed by atoms with van der Waals surface area (Å²) in [5.74, 6) is -1.44. The van der Waals surface area contributed by atoms with Crippen LogP contribution in [-0.4, -0.2) is 55.3 Å². The number of aromatic nitrogens is 1. The van der Waals surface area contributed by atoms with E-state index in [1.807, 2.05) is 0 Å². The third-order valence-corrected chi connectivity index (χ3v) is 7.26. The van der Waals surface area contributed by atoms with Crippen molar-refractivity contribution in [3.8, 4) is 0 Å². The minimum atomic E-state index is -4.85. The molecule has 1 heterocycles. The molecule has 13 heteroatoms. The van der Waals surface area contributed by atoms with Crippen molar-refractivity contribution in [1.29, 1.82) is 0 Å². The number of carbonyl (C=O) groups excluding carboxylic acids is 1. The van der Waals surface area contributed by atoms with Crippen LogP contribution in [0.4, 0.5) is 23.2 Å². The molecule has 2 aliphatic rings. The van der Waals surface area contributed by atoms with Crippen LogP contribution in [0.5, 0.6) is 0 Å². The third kappa shape index (κ3) is 5.39. The van der Waals surface area contributed by atoms with Crippen LogP contribution in [-0.2, 0) is 27.7 Å². The van der Waals surface area contributed by atoms with Gasteiger partial charge in [0.25, 0.3) is 0 Å². The summed E-state index contributed by atoms with van der Waals surface area (Å²) in [6.07, 6.45) is -1.68. The van der Waals surface area contributed by atoms with E-state index < -0.39 is 45.2 Å². The fraction of sp³-hybridized carbons (Fsp3) is 0.455. The maximum Gasteiger partial charge on any atom is 0.414 e. The zero-order chi connectivity index (χ0) is 25.8. The number of likely N-dealkylation sites (N-methyl/N-ethyl adjacent to an activating group) is 1. The Bertz CT molecular complexity index is 1250. The number of fused-ring (bicyclic) bond motifs is 1. The highest BCUT2D eigenvalue weighted by Gasteiger charge is 2.57. The molecule has 7 nitrogen and oxygen atoms in total. The van der Waals surface area contributed by atoms with E-state index in [2.05, 4.69) is 15.0 Å². The number of alkyl halides is 3. The molecule has 35 heavy (non-hydrogen) atoms. The number of halogens is 5. The van der Waals surface area contributed by atoms with Gasteiger partial charge in [0.15, 0.2) is 6.04 Å². The number of amides is 1. The van der Waals surface area contributed by atoms with E-state index in [-0.39, 0.29) is 23.9 Å². The number of sulfonamides is 1. The second-order valence-electron chi connectivity index (χ2n) is 9.04. The van der Waals surface area contributed by atoms with Crippen molar-refractivity contribution >= 4 is 33.2 Å². The molecule has 0 bridgehead atoms. The predicted octanol–water partition coefficient (Wildman–Crippen LogP) is 3.60. The Morgan fingerprint density at radius 2 is 1.91 bits per heavy atom. The Balaban J connectivity index is 1.50. The van der Waals surface area contributed by atoms with Crippen LogP contribution >= 0.6 is 11.6 Å². The van der Waals surface area contributed by atoms with Crippen molar-refractivity contribution in [3.05, 3.63) is 58.1 Å². The molecule has 190 valence electrons. The molecule has 2 N–H and O–H groups in total. The fourth-order valence-electron chi connectivity index (χ4n) is 4.50. The van der Waals surface area contributed by atoms with Crippen LogP contribution in [0.25, 0.3) is 0 Å². The number of hydrogen-bond acceptors (Lipinski definition) is 5. The third-order valence-electron chi connectivity index (χ3n) is 6.21. The van der Waals surface area contributed by atoms with Crippen molar-refractivity contribution < 1.29 is 30.8 Å². The number of nitrogens with zero attached hydrogens (tertiary/aromatic N) is 2. The minimum absolute atomic E-state index is 0.0343. The van der Waals surface area contributed by atoms with Gasteiger partial charge in [0.2, 0.25) is 15.9 Å². The van der Waals surface area contributed by atoms with Crippen LogP contribution < -0.4 is 10.0 Å². The number of pyridine rings is 1. The van der Waals surface area contributed by atoms with Gasteiger partial charge in [-0.25, -0.2) is 12.8 Å². The molecule has 0 saturated heterocycles. The lowest BCUT2D eigenvalue weighted by atomic mass is 10.1. The van der Waals surface area contributed by atoms with E-state index in [9.17, 15) is 30.8 Å². The molecule has 1 aromatic carbocycles. The van der Waals surface area contributed by atoms with Gasteiger partial charge in [-0.2, -0.15) is 17.9 Å². The molecular formula is C22H23ClF4N4O3S. The average Bonchev–Trinajstić information content (AvgIpc) is 3.39. The van der Waals surface area contributed by atoms with Gasteiger partial charge in [0.1, 0.15) is 11.4 Å². The number of anilines is 1. The maximum absolute atomic E-state index is 14.2. The number of rotatable bonds is 7. The summed E-state index contributed by atoms with van der Waals surface area (Å²) < 4.78 is 81.5. The van der Waals surface area contributed by atoms with E-state index in [0.717, 1.165) is 24.9 Å². The number of carbonyl (C=O) groups is 1. The molecule has 1 saturated carbocycles. The molecule has 1 unspecified atom stereocenters. The van der Waals surface area contributed by atoms with Gasteiger partial charge < -0.3 is 10.2 Å². The molecule has 1 aromatic heterocycles. The summed E-state index contributed by atoms with van der Waals surface area (Å²) in [7, 11) is -2.82. The van der Waals surface area contributed by atoms with E-state index >= 15 is 0 Å². The first-order valence-electron chi connectivity index (χ1n) is 10.7. The molecule has 2 aromatic rings. The molecule has 0 aliphatic heterocycles. The monoisotopic (exact) mass is 534 g/mol. The van der Waals surface area contributed by atoms with Crippen LogP contribution in [0.15, 0.2) is 30.5 Å². The first kappa shape index (κ1) is 25.6. The zero-order valence-electron chi connectivity index (χ0n) is 18.8. The highest BCUT2D eigenvalue weighted by atomic mass is 35.5. The van der Waals surface area contributed by atoms with E-state index in [1.54, 1.807) is 6.07 Å². The van der Waals surface area contributed by atoms with Crippen molar-refractivity contribution in [1.82, 2.24) is 14.6 Å². The minimum Gasteiger partial charge on any atom is -0.380 e. The Kier molecular flexibility index (Phi) is 6.52. The van der Waals surface area contributed by atoms with E-state index in [4.69, 9.17) is 11.6 Å². The number of benzene rings is 1. The van der Waals surface area contributed by atoms with Crippen molar-refractivity contribution in [2.24, 2.45) is 0 Å². The van der Waals surface area contributed by atoms with Crippen LogP contribution in [0.1, 0.15) is 35.7 Å². The van der Waals surface area contributed by atoms with Crippen molar-refractivity contribution in [2.75, 3.05) is 18.6 Å². The van der Waals surface area contributed by atoms with Gasteiger partial charge in [0.05, 0.1) is 28.9 Å². The second kappa shape index (κ2) is 8.90. The Labute approximate surface area is 204 Å². The normalized spacial score (nSPS) is 19.7. The Hall–Kier alpha value is -2.44. The standard InChI is InChI=1S/C22H23ClF4N4O3S/c1-31(20(32)21(7-8-21)30-35(2,33)34)19(22(25,26)27)17-6-4-13(11-28-17)29-14-9-12-3-5-16(23)18(24)15(12)10-14/h3-6,11,14,19,29-30H,7-10H2,1-2H3/t14?,19-/m0/s1. The maximum atomic E-state index is 14.2. The van der Waals surface area contributed by atoms with E-state index in [0.29, 0.717) is 29.0 Å². The van der Waals surface area contributed by atoms with Crippen LogP contribution in [0.3, 0.4) is 0 Å². The molecule has 1 fully saturated rings. The van der Waals surface area contributed by atoms with Gasteiger partial charge in [-0.15, -0.1) is 0 Å². The summed E-state index contributed by atoms with van der Waals surface area (Å²) >= 11 is 5.84. The Morgan fingerprint density at radius 1 is 1.23 bits per heavy atom. The summed E-state index contributed by atoms with van der Waals surface area (Å²) in [4.78, 5) is 17.3. The van der Waals surface area contributed by atoms with E-state index in [1.165, 1.54) is 18.3 Å². The van der Waals surface area contributed by atoms with Gasteiger partial charge in [-0.3, -0.25) is 9.78 Å². The smallest absolute Gasteiger partial charge is 0.380 e. The molecule has 2 atom stereocenters. The largest absolute Gasteiger partial charge is 0.414 e. The first-order chi connectivity index (χ1) is 16.2.